The highest BCUT2D eigenvalue weighted by Crippen LogP contribution is 2.28. The van der Waals surface area contributed by atoms with Gasteiger partial charge in [-0.25, -0.2) is 4.98 Å². The summed E-state index contributed by atoms with van der Waals surface area (Å²) in [6.07, 6.45) is 4.72. The van der Waals surface area contributed by atoms with E-state index in [0.29, 0.717) is 11.3 Å². The molecule has 0 radical (unpaired) electrons. The first kappa shape index (κ1) is 22.1. The molecule has 1 amide bonds. The number of rotatable bonds is 10. The van der Waals surface area contributed by atoms with Crippen LogP contribution in [0.2, 0.25) is 0 Å². The number of carbonyl (C=O) groups excluding carboxylic acids is 2. The molecule has 0 spiro atoms. The van der Waals surface area contributed by atoms with Crippen LogP contribution in [0.4, 0.5) is 5.69 Å². The lowest BCUT2D eigenvalue weighted by atomic mass is 10.1. The van der Waals surface area contributed by atoms with Crippen molar-refractivity contribution in [2.45, 2.75) is 63.4 Å². The summed E-state index contributed by atoms with van der Waals surface area (Å²) in [5.74, 6) is -0.129. The first-order valence-corrected chi connectivity index (χ1v) is 11.4. The number of anilines is 1. The third-order valence-corrected chi connectivity index (χ3v) is 6.13. The average Bonchev–Trinajstić information content (AvgIpc) is 3.08. The quantitative estimate of drug-likeness (QED) is 0.249. The molecule has 0 saturated heterocycles. The summed E-state index contributed by atoms with van der Waals surface area (Å²) in [6.45, 7) is 6.51. The van der Waals surface area contributed by atoms with Crippen LogP contribution in [0.25, 0.3) is 11.0 Å². The number of fused-ring (bicyclic) bond motifs is 1. The molecule has 1 heterocycles. The maximum Gasteiger partial charge on any atom is 0.237 e. The van der Waals surface area contributed by atoms with Crippen molar-refractivity contribution < 1.29 is 9.59 Å². The minimum atomic E-state index is -0.322. The molecule has 0 aliphatic carbocycles. The number of benzene rings is 2. The Labute approximate surface area is 182 Å². The Hall–Kier alpha value is -2.60. The van der Waals surface area contributed by atoms with Gasteiger partial charge < -0.3 is 9.88 Å². The van der Waals surface area contributed by atoms with E-state index in [9.17, 15) is 9.59 Å². The number of aromatic nitrogens is 2. The molecule has 0 aliphatic heterocycles. The van der Waals surface area contributed by atoms with Gasteiger partial charge in [-0.2, -0.15) is 0 Å². The molecule has 2 aromatic carbocycles. The van der Waals surface area contributed by atoms with E-state index in [-0.39, 0.29) is 16.9 Å². The van der Waals surface area contributed by atoms with Crippen LogP contribution in [0.1, 0.15) is 56.8 Å². The van der Waals surface area contributed by atoms with Gasteiger partial charge in [0.15, 0.2) is 10.9 Å². The lowest BCUT2D eigenvalue weighted by Gasteiger charge is -2.14. The summed E-state index contributed by atoms with van der Waals surface area (Å²) in [5.41, 5.74) is 3.28. The van der Waals surface area contributed by atoms with E-state index >= 15 is 0 Å². The number of nitrogens with one attached hydrogen (secondary N) is 1. The first-order chi connectivity index (χ1) is 14.5. The van der Waals surface area contributed by atoms with Crippen LogP contribution in [0.3, 0.4) is 0 Å². The van der Waals surface area contributed by atoms with E-state index in [1.807, 2.05) is 25.1 Å². The van der Waals surface area contributed by atoms with Crippen LogP contribution in [-0.2, 0) is 11.3 Å². The van der Waals surface area contributed by atoms with Crippen molar-refractivity contribution in [2.24, 2.45) is 0 Å². The molecule has 0 bridgehead atoms. The standard InChI is InChI=1S/C24H29N3O2S/c1-4-5-6-9-15-27-22-14-8-7-13-21(22)26-24(27)30-18(3)23(29)25-20-12-10-11-19(16-20)17(2)28/h7-8,10-14,16,18H,4-6,9,15H2,1-3H3,(H,25,29)/t18-/m1/s1. The number of para-hydroxylation sites is 2. The van der Waals surface area contributed by atoms with Gasteiger partial charge in [-0.1, -0.05) is 62.2 Å². The number of aryl methyl sites for hydroxylation is 1. The van der Waals surface area contributed by atoms with Gasteiger partial charge in [-0.05, 0) is 44.5 Å². The van der Waals surface area contributed by atoms with E-state index in [4.69, 9.17) is 4.98 Å². The molecular formula is C24H29N3O2S. The van der Waals surface area contributed by atoms with Crippen LogP contribution in [0.15, 0.2) is 53.7 Å². The Balaban J connectivity index is 1.73. The normalized spacial score (nSPS) is 12.1. The minimum Gasteiger partial charge on any atom is -0.325 e. The van der Waals surface area contributed by atoms with Crippen LogP contribution in [0.5, 0.6) is 0 Å². The highest BCUT2D eigenvalue weighted by molar-refractivity contribution is 8.00. The van der Waals surface area contributed by atoms with Crippen molar-refractivity contribution in [2.75, 3.05) is 5.32 Å². The summed E-state index contributed by atoms with van der Waals surface area (Å²) >= 11 is 1.47. The topological polar surface area (TPSA) is 64.0 Å². The number of ketones is 1. The molecule has 0 fully saturated rings. The molecule has 3 aromatic rings. The molecule has 5 nitrogen and oxygen atoms in total. The number of unbranched alkanes of at least 4 members (excludes halogenated alkanes) is 3. The molecule has 1 atom stereocenters. The van der Waals surface area contributed by atoms with Crippen molar-refractivity contribution in [3.63, 3.8) is 0 Å². The van der Waals surface area contributed by atoms with Crippen molar-refractivity contribution in [3.8, 4) is 0 Å². The highest BCUT2D eigenvalue weighted by Gasteiger charge is 2.19. The average molecular weight is 424 g/mol. The first-order valence-electron chi connectivity index (χ1n) is 10.5. The Morgan fingerprint density at radius 1 is 1.10 bits per heavy atom. The number of amides is 1. The third kappa shape index (κ3) is 5.51. The number of imidazole rings is 1. The zero-order valence-corrected chi connectivity index (χ0v) is 18.7. The van der Waals surface area contributed by atoms with Gasteiger partial charge in [0.1, 0.15) is 0 Å². The lowest BCUT2D eigenvalue weighted by molar-refractivity contribution is -0.115. The summed E-state index contributed by atoms with van der Waals surface area (Å²) in [7, 11) is 0. The number of thioether (sulfide) groups is 1. The van der Waals surface area contributed by atoms with Crippen LogP contribution in [0, 0.1) is 0 Å². The molecule has 0 unspecified atom stereocenters. The maximum absolute atomic E-state index is 12.8. The molecule has 3 rings (SSSR count). The van der Waals surface area contributed by atoms with Gasteiger partial charge in [-0.3, -0.25) is 9.59 Å². The molecule has 0 saturated carbocycles. The van der Waals surface area contributed by atoms with Crippen LogP contribution >= 0.6 is 11.8 Å². The van der Waals surface area contributed by atoms with E-state index in [2.05, 4.69) is 22.9 Å². The summed E-state index contributed by atoms with van der Waals surface area (Å²) in [6, 6.07) is 15.1. The highest BCUT2D eigenvalue weighted by atomic mass is 32.2. The van der Waals surface area contributed by atoms with Gasteiger partial charge in [0.05, 0.1) is 16.3 Å². The molecule has 1 N–H and O–H groups in total. The zero-order chi connectivity index (χ0) is 21.5. The molecular weight excluding hydrogens is 394 g/mol. The number of nitrogens with zero attached hydrogens (tertiary/aromatic N) is 2. The van der Waals surface area contributed by atoms with Gasteiger partial charge >= 0.3 is 0 Å². The van der Waals surface area contributed by atoms with Crippen LogP contribution < -0.4 is 5.32 Å². The Kier molecular flexibility index (Phi) is 7.69. The molecule has 0 aliphatic rings. The van der Waals surface area contributed by atoms with Crippen molar-refractivity contribution in [3.05, 3.63) is 54.1 Å². The second-order valence-corrected chi connectivity index (χ2v) is 8.79. The molecule has 6 heteroatoms. The van der Waals surface area contributed by atoms with E-state index < -0.39 is 0 Å². The fraction of sp³-hybridized carbons (Fsp3) is 0.375. The van der Waals surface area contributed by atoms with Gasteiger partial charge in [0.2, 0.25) is 5.91 Å². The molecule has 158 valence electrons. The minimum absolute atomic E-state index is 0.0229. The lowest BCUT2D eigenvalue weighted by Crippen LogP contribution is -2.23. The van der Waals surface area contributed by atoms with Gasteiger partial charge in [0, 0.05) is 17.8 Å². The van der Waals surface area contributed by atoms with E-state index in [0.717, 1.165) is 29.2 Å². The summed E-state index contributed by atoms with van der Waals surface area (Å²) in [5, 5.41) is 3.47. The SMILES string of the molecule is CCCCCCn1c(S[C@H](C)C(=O)Nc2cccc(C(C)=O)c2)nc2ccccc21. The number of hydrogen-bond acceptors (Lipinski definition) is 4. The largest absolute Gasteiger partial charge is 0.325 e. The predicted molar refractivity (Wildman–Crippen MR) is 124 cm³/mol. The number of Topliss-reactive ketones (excluding diaryl/α,β-unsaturated/α-hetero) is 1. The monoisotopic (exact) mass is 423 g/mol. The maximum atomic E-state index is 12.8. The van der Waals surface area contributed by atoms with Crippen LogP contribution in [-0.4, -0.2) is 26.5 Å². The number of carbonyl (C=O) groups is 2. The predicted octanol–water partition coefficient (Wildman–Crippen LogP) is 5.94. The fourth-order valence-electron chi connectivity index (χ4n) is 3.33. The second kappa shape index (κ2) is 10.4. The van der Waals surface area contributed by atoms with E-state index in [1.165, 1.54) is 37.9 Å². The van der Waals surface area contributed by atoms with Crippen molar-refractivity contribution in [1.29, 1.82) is 0 Å². The summed E-state index contributed by atoms with van der Waals surface area (Å²) in [4.78, 5) is 29.1. The van der Waals surface area contributed by atoms with Gasteiger partial charge in [0.25, 0.3) is 0 Å². The molecule has 1 aromatic heterocycles. The zero-order valence-electron chi connectivity index (χ0n) is 17.9. The van der Waals surface area contributed by atoms with Crippen molar-refractivity contribution >= 4 is 40.2 Å². The smallest absolute Gasteiger partial charge is 0.237 e. The van der Waals surface area contributed by atoms with E-state index in [1.54, 1.807) is 24.3 Å². The second-order valence-electron chi connectivity index (χ2n) is 7.48. The fourth-order valence-corrected chi connectivity index (χ4v) is 4.28. The van der Waals surface area contributed by atoms with Gasteiger partial charge in [-0.15, -0.1) is 0 Å². The number of hydrogen-bond donors (Lipinski definition) is 1. The Morgan fingerprint density at radius 3 is 2.67 bits per heavy atom. The third-order valence-electron chi connectivity index (χ3n) is 5.04. The Morgan fingerprint density at radius 2 is 1.90 bits per heavy atom. The van der Waals surface area contributed by atoms with Crippen molar-refractivity contribution in [1.82, 2.24) is 9.55 Å². The summed E-state index contributed by atoms with van der Waals surface area (Å²) < 4.78 is 2.23. The Bertz CT molecular complexity index is 1030. The molecule has 30 heavy (non-hydrogen) atoms.